The van der Waals surface area contributed by atoms with Crippen molar-refractivity contribution in [1.29, 1.82) is 0 Å². The maximum Gasteiger partial charge on any atom is 0.122 e. The van der Waals surface area contributed by atoms with Gasteiger partial charge in [0.1, 0.15) is 5.75 Å². The largest absolute Gasteiger partial charge is 0.507 e. The minimum Gasteiger partial charge on any atom is -0.507 e. The highest BCUT2D eigenvalue weighted by atomic mass is 31.1. The smallest absolute Gasteiger partial charge is 0.122 e. The van der Waals surface area contributed by atoms with E-state index in [0.717, 1.165) is 30.4 Å². The van der Waals surface area contributed by atoms with Gasteiger partial charge in [0.15, 0.2) is 0 Å². The molecule has 0 saturated carbocycles. The maximum atomic E-state index is 10.9. The van der Waals surface area contributed by atoms with E-state index in [0.29, 0.717) is 14.3 Å². The molecule has 0 aromatic heterocycles. The van der Waals surface area contributed by atoms with Crippen molar-refractivity contribution >= 4 is 19.6 Å². The molecule has 3 heteroatoms. The first-order valence-electron chi connectivity index (χ1n) is 9.20. The van der Waals surface area contributed by atoms with Gasteiger partial charge in [0.2, 0.25) is 0 Å². The van der Waals surface area contributed by atoms with Gasteiger partial charge in [-0.2, -0.15) is 0 Å². The van der Waals surface area contributed by atoms with Crippen LogP contribution >= 0.6 is 8.58 Å². The second kappa shape index (κ2) is 8.23. The van der Waals surface area contributed by atoms with Crippen LogP contribution in [0.15, 0.2) is 36.4 Å². The molecule has 2 aromatic rings. The summed E-state index contributed by atoms with van der Waals surface area (Å²) in [6, 6.07) is 12.9. The highest BCUT2D eigenvalue weighted by Crippen LogP contribution is 2.52. The van der Waals surface area contributed by atoms with Crippen LogP contribution < -0.4 is 10.2 Å². The number of hydrogen-bond donors (Lipinski definition) is 1. The second-order valence-corrected chi connectivity index (χ2v) is 8.95. The second-order valence-electron chi connectivity index (χ2n) is 7.20. The zero-order valence-corrected chi connectivity index (χ0v) is 17.5. The Morgan fingerprint density at radius 1 is 1.08 bits per heavy atom. The Bertz CT molecular complexity index is 726. The van der Waals surface area contributed by atoms with Gasteiger partial charge < -0.3 is 10.0 Å². The van der Waals surface area contributed by atoms with E-state index in [9.17, 15) is 5.11 Å². The molecule has 0 radical (unpaired) electrons. The number of benzene rings is 2. The lowest BCUT2D eigenvalue weighted by molar-refractivity contribution is 0.439. The van der Waals surface area contributed by atoms with Gasteiger partial charge in [-0.25, -0.2) is 0 Å². The van der Waals surface area contributed by atoms with Crippen molar-refractivity contribution in [3.05, 3.63) is 53.1 Å². The fraction of sp³-hybridized carbons (Fsp3) is 0.455. The molecule has 1 N–H and O–H groups in total. The van der Waals surface area contributed by atoms with Crippen LogP contribution in [0.25, 0.3) is 0 Å². The predicted octanol–water partition coefficient (Wildman–Crippen LogP) is 5.48. The molecule has 0 aliphatic heterocycles. The number of phenolic OH excluding ortho intramolecular Hbond substituents is 1. The molecule has 0 fully saturated rings. The fourth-order valence-corrected chi connectivity index (χ4v) is 5.71. The minimum atomic E-state index is -0.0122. The van der Waals surface area contributed by atoms with Crippen molar-refractivity contribution in [3.8, 4) is 5.75 Å². The molecule has 2 nitrogen and oxygen atoms in total. The van der Waals surface area contributed by atoms with Gasteiger partial charge in [-0.3, -0.25) is 0 Å². The van der Waals surface area contributed by atoms with E-state index in [-0.39, 0.29) is 5.16 Å². The molecule has 0 saturated heterocycles. The Morgan fingerprint density at radius 2 is 1.76 bits per heavy atom. The van der Waals surface area contributed by atoms with Crippen molar-refractivity contribution in [2.75, 3.05) is 19.0 Å². The van der Waals surface area contributed by atoms with Gasteiger partial charge >= 0.3 is 0 Å². The van der Waals surface area contributed by atoms with Gasteiger partial charge in [0.05, 0.1) is 0 Å². The average molecular weight is 357 g/mol. The van der Waals surface area contributed by atoms with Crippen molar-refractivity contribution in [3.63, 3.8) is 0 Å². The summed E-state index contributed by atoms with van der Waals surface area (Å²) < 4.78 is 0. The predicted molar refractivity (Wildman–Crippen MR) is 113 cm³/mol. The number of hydrogen-bond acceptors (Lipinski definition) is 2. The van der Waals surface area contributed by atoms with Crippen LogP contribution in [0.5, 0.6) is 5.75 Å². The first kappa shape index (κ1) is 19.8. The quantitative estimate of drug-likeness (QED) is 0.663. The molecule has 0 bridgehead atoms. The van der Waals surface area contributed by atoms with Crippen LogP contribution in [0, 0.1) is 13.8 Å². The molecule has 0 heterocycles. The summed E-state index contributed by atoms with van der Waals surface area (Å²) in [7, 11) is 4.83. The van der Waals surface area contributed by atoms with Crippen LogP contribution in [-0.2, 0) is 5.16 Å². The Kier molecular flexibility index (Phi) is 6.52. The first-order chi connectivity index (χ1) is 11.8. The Balaban J connectivity index is 2.61. The zero-order chi connectivity index (χ0) is 18.6. The molecule has 2 unspecified atom stereocenters. The molecule has 2 rings (SSSR count). The number of aromatic hydroxyl groups is 1. The van der Waals surface area contributed by atoms with Crippen molar-refractivity contribution in [1.82, 2.24) is 0 Å². The van der Waals surface area contributed by atoms with Gasteiger partial charge in [0.25, 0.3) is 0 Å². The third-order valence-electron chi connectivity index (χ3n) is 5.00. The normalized spacial score (nSPS) is 14.0. The summed E-state index contributed by atoms with van der Waals surface area (Å²) in [5.74, 6) is 0.482. The van der Waals surface area contributed by atoms with Gasteiger partial charge in [0, 0.05) is 30.5 Å². The SMILES string of the molecule is CCCC(CC)(Pc1ccccc1N(C)C)c1cc(C)cc(C)c1O. The summed E-state index contributed by atoms with van der Waals surface area (Å²) in [5, 5.41) is 12.2. The molecular formula is C22H32NOP. The Hall–Kier alpha value is -1.53. The lowest BCUT2D eigenvalue weighted by atomic mass is 9.88. The Morgan fingerprint density at radius 3 is 2.36 bits per heavy atom. The third-order valence-corrected chi connectivity index (χ3v) is 7.04. The van der Waals surface area contributed by atoms with Gasteiger partial charge in [-0.05, 0) is 43.6 Å². The van der Waals surface area contributed by atoms with E-state index in [1.165, 1.54) is 16.6 Å². The van der Waals surface area contributed by atoms with E-state index in [4.69, 9.17) is 0 Å². The van der Waals surface area contributed by atoms with E-state index in [1.807, 2.05) is 6.92 Å². The summed E-state index contributed by atoms with van der Waals surface area (Å²) in [6.07, 6.45) is 3.22. The highest BCUT2D eigenvalue weighted by Gasteiger charge is 2.34. The zero-order valence-electron chi connectivity index (χ0n) is 16.5. The first-order valence-corrected chi connectivity index (χ1v) is 10.2. The number of para-hydroxylation sites is 1. The van der Waals surface area contributed by atoms with Crippen molar-refractivity contribution in [2.45, 2.75) is 52.1 Å². The summed E-state index contributed by atoms with van der Waals surface area (Å²) >= 11 is 0. The van der Waals surface area contributed by atoms with Crippen LogP contribution in [0.2, 0.25) is 0 Å². The third kappa shape index (κ3) is 4.18. The van der Waals surface area contributed by atoms with E-state index in [1.54, 1.807) is 0 Å². The summed E-state index contributed by atoms with van der Waals surface area (Å²) in [5.41, 5.74) is 4.61. The number of aryl methyl sites for hydroxylation is 2. The number of rotatable bonds is 7. The maximum absolute atomic E-state index is 10.9. The standard InChI is InChI=1S/C22H32NOP/c1-7-13-22(8-2,18-15-16(3)14-17(4)21(18)24)25-20-12-10-9-11-19(20)23(5)6/h9-12,14-15,24-25H,7-8,13H2,1-6H3. The molecule has 0 aliphatic rings. The number of nitrogens with zero attached hydrogens (tertiary/aromatic N) is 1. The molecular weight excluding hydrogens is 325 g/mol. The topological polar surface area (TPSA) is 23.5 Å². The monoisotopic (exact) mass is 357 g/mol. The summed E-state index contributed by atoms with van der Waals surface area (Å²) in [4.78, 5) is 2.19. The van der Waals surface area contributed by atoms with Crippen molar-refractivity contribution < 1.29 is 5.11 Å². The fourth-order valence-electron chi connectivity index (χ4n) is 3.70. The van der Waals surface area contributed by atoms with Gasteiger partial charge in [-0.15, -0.1) is 0 Å². The van der Waals surface area contributed by atoms with Crippen LogP contribution in [0.1, 0.15) is 49.8 Å². The number of anilines is 1. The van der Waals surface area contributed by atoms with E-state index in [2.05, 4.69) is 76.2 Å². The summed E-state index contributed by atoms with van der Waals surface area (Å²) in [6.45, 7) is 8.64. The lowest BCUT2D eigenvalue weighted by Crippen LogP contribution is -2.25. The minimum absolute atomic E-state index is 0.0122. The van der Waals surface area contributed by atoms with Crippen LogP contribution in [-0.4, -0.2) is 19.2 Å². The average Bonchev–Trinajstić information content (AvgIpc) is 2.58. The van der Waals surface area contributed by atoms with Crippen molar-refractivity contribution in [2.24, 2.45) is 0 Å². The van der Waals surface area contributed by atoms with Crippen LogP contribution in [0.3, 0.4) is 0 Å². The lowest BCUT2D eigenvalue weighted by Gasteiger charge is -2.36. The molecule has 25 heavy (non-hydrogen) atoms. The molecule has 0 amide bonds. The molecule has 2 aromatic carbocycles. The molecule has 0 aliphatic carbocycles. The molecule has 136 valence electrons. The van der Waals surface area contributed by atoms with Crippen LogP contribution in [0.4, 0.5) is 5.69 Å². The van der Waals surface area contributed by atoms with Gasteiger partial charge in [-0.1, -0.05) is 64.7 Å². The Labute approximate surface area is 155 Å². The van der Waals surface area contributed by atoms with E-state index >= 15 is 0 Å². The molecule has 2 atom stereocenters. The number of phenols is 1. The van der Waals surface area contributed by atoms with E-state index < -0.39 is 0 Å². The highest BCUT2D eigenvalue weighted by molar-refractivity contribution is 7.49. The molecule has 0 spiro atoms.